The fourth-order valence-electron chi connectivity index (χ4n) is 1.98. The Morgan fingerprint density at radius 1 is 0.962 bits per heavy atom. The van der Waals surface area contributed by atoms with Crippen molar-refractivity contribution in [1.29, 1.82) is 0 Å². The summed E-state index contributed by atoms with van der Waals surface area (Å²) < 4.78 is 43.2. The monoisotopic (exact) mass is 385 g/mol. The lowest BCUT2D eigenvalue weighted by Crippen LogP contribution is -2.48. The molecule has 0 aliphatic carbocycles. The standard InChI is InChI=1S/C18H15ClF3NO3/c1-17(2,26-14-9-7-13(19)8-10-14)16(25)23-15(24)11-3-5-12(6-4-11)18(20,21)22/h3-10H,1-2H3,(H,23,24,25). The van der Waals surface area contributed by atoms with Gasteiger partial charge in [0.05, 0.1) is 5.56 Å². The van der Waals surface area contributed by atoms with Crippen molar-refractivity contribution in [3.8, 4) is 5.75 Å². The molecule has 0 unspecified atom stereocenters. The van der Waals surface area contributed by atoms with Gasteiger partial charge in [-0.15, -0.1) is 0 Å². The van der Waals surface area contributed by atoms with E-state index in [1.54, 1.807) is 24.3 Å². The molecule has 0 aliphatic rings. The van der Waals surface area contributed by atoms with E-state index in [4.69, 9.17) is 16.3 Å². The molecule has 0 aromatic heterocycles. The van der Waals surface area contributed by atoms with Gasteiger partial charge in [-0.2, -0.15) is 13.2 Å². The maximum atomic E-state index is 12.5. The number of nitrogens with one attached hydrogen (secondary N) is 1. The van der Waals surface area contributed by atoms with Crippen LogP contribution < -0.4 is 10.1 Å². The fraction of sp³-hybridized carbons (Fsp3) is 0.222. The van der Waals surface area contributed by atoms with Gasteiger partial charge in [0, 0.05) is 10.6 Å². The van der Waals surface area contributed by atoms with Gasteiger partial charge in [-0.05, 0) is 62.4 Å². The number of alkyl halides is 3. The first-order valence-electron chi connectivity index (χ1n) is 7.47. The average Bonchev–Trinajstić information content (AvgIpc) is 2.56. The molecule has 0 radical (unpaired) electrons. The number of ether oxygens (including phenoxy) is 1. The minimum atomic E-state index is -4.50. The summed E-state index contributed by atoms with van der Waals surface area (Å²) in [6.07, 6.45) is -4.50. The molecule has 4 nitrogen and oxygen atoms in total. The molecule has 2 amide bonds. The SMILES string of the molecule is CC(C)(Oc1ccc(Cl)cc1)C(=O)NC(=O)c1ccc(C(F)(F)F)cc1. The lowest BCUT2D eigenvalue weighted by Gasteiger charge is -2.25. The Bertz CT molecular complexity index is 800. The van der Waals surface area contributed by atoms with Gasteiger partial charge in [0.1, 0.15) is 5.75 Å². The molecule has 138 valence electrons. The summed E-state index contributed by atoms with van der Waals surface area (Å²) in [7, 11) is 0. The van der Waals surface area contributed by atoms with E-state index in [9.17, 15) is 22.8 Å². The molecule has 0 spiro atoms. The number of benzene rings is 2. The minimum Gasteiger partial charge on any atom is -0.478 e. The smallest absolute Gasteiger partial charge is 0.416 e. The van der Waals surface area contributed by atoms with Crippen molar-refractivity contribution in [2.45, 2.75) is 25.6 Å². The van der Waals surface area contributed by atoms with Crippen LogP contribution in [0, 0.1) is 0 Å². The molecular formula is C18H15ClF3NO3. The lowest BCUT2D eigenvalue weighted by atomic mass is 10.1. The molecule has 0 atom stereocenters. The Balaban J connectivity index is 2.05. The van der Waals surface area contributed by atoms with Crippen LogP contribution in [0.4, 0.5) is 13.2 Å². The maximum absolute atomic E-state index is 12.5. The molecule has 0 saturated carbocycles. The van der Waals surface area contributed by atoms with Gasteiger partial charge in [0.2, 0.25) is 0 Å². The Kier molecular flexibility index (Phi) is 5.61. The van der Waals surface area contributed by atoms with Crippen molar-refractivity contribution in [1.82, 2.24) is 5.32 Å². The van der Waals surface area contributed by atoms with Gasteiger partial charge in [-0.1, -0.05) is 11.6 Å². The predicted molar refractivity (Wildman–Crippen MR) is 90.1 cm³/mol. The van der Waals surface area contributed by atoms with E-state index < -0.39 is 29.2 Å². The third-order valence-electron chi connectivity index (χ3n) is 3.43. The summed E-state index contributed by atoms with van der Waals surface area (Å²) in [6.45, 7) is 2.91. The highest BCUT2D eigenvalue weighted by Gasteiger charge is 2.32. The van der Waals surface area contributed by atoms with Gasteiger partial charge >= 0.3 is 6.18 Å². The van der Waals surface area contributed by atoms with Crippen LogP contribution in [0.3, 0.4) is 0 Å². The van der Waals surface area contributed by atoms with Crippen molar-refractivity contribution in [2.75, 3.05) is 0 Å². The van der Waals surface area contributed by atoms with Crippen LogP contribution in [-0.4, -0.2) is 17.4 Å². The van der Waals surface area contributed by atoms with Crippen molar-refractivity contribution in [3.05, 3.63) is 64.7 Å². The van der Waals surface area contributed by atoms with Crippen LogP contribution in [0.1, 0.15) is 29.8 Å². The van der Waals surface area contributed by atoms with E-state index in [1.165, 1.54) is 13.8 Å². The lowest BCUT2D eigenvalue weighted by molar-refractivity contribution is -0.137. The summed E-state index contributed by atoms with van der Waals surface area (Å²) in [4.78, 5) is 24.4. The zero-order valence-corrected chi connectivity index (χ0v) is 14.6. The summed E-state index contributed by atoms with van der Waals surface area (Å²) in [5.74, 6) is -1.19. The fourth-order valence-corrected chi connectivity index (χ4v) is 2.11. The van der Waals surface area contributed by atoms with Gasteiger partial charge in [-0.25, -0.2) is 0 Å². The summed E-state index contributed by atoms with van der Waals surface area (Å²) in [5, 5.41) is 2.61. The predicted octanol–water partition coefficient (Wildman–Crippen LogP) is 4.47. The minimum absolute atomic E-state index is 0.0753. The normalized spacial score (nSPS) is 11.8. The molecule has 2 aromatic carbocycles. The highest BCUT2D eigenvalue weighted by molar-refractivity contribution is 6.30. The van der Waals surface area contributed by atoms with Gasteiger partial charge in [-0.3, -0.25) is 14.9 Å². The van der Waals surface area contributed by atoms with E-state index in [1.807, 2.05) is 0 Å². The van der Waals surface area contributed by atoms with E-state index in [0.717, 1.165) is 24.3 Å². The van der Waals surface area contributed by atoms with Crippen LogP contribution in [0.15, 0.2) is 48.5 Å². The van der Waals surface area contributed by atoms with Gasteiger partial charge in [0.25, 0.3) is 11.8 Å². The molecule has 0 saturated heterocycles. The van der Waals surface area contributed by atoms with Crippen molar-refractivity contribution >= 4 is 23.4 Å². The largest absolute Gasteiger partial charge is 0.478 e. The number of hydrogen-bond donors (Lipinski definition) is 1. The Morgan fingerprint density at radius 2 is 1.50 bits per heavy atom. The third kappa shape index (κ3) is 4.98. The molecule has 2 aromatic rings. The molecule has 0 bridgehead atoms. The van der Waals surface area contributed by atoms with E-state index in [-0.39, 0.29) is 5.56 Å². The topological polar surface area (TPSA) is 55.4 Å². The number of hydrogen-bond acceptors (Lipinski definition) is 3. The summed E-state index contributed by atoms with van der Waals surface area (Å²) >= 11 is 5.77. The van der Waals surface area contributed by atoms with Crippen molar-refractivity contribution in [3.63, 3.8) is 0 Å². The van der Waals surface area contributed by atoms with Crippen LogP contribution in [0.5, 0.6) is 5.75 Å². The first-order valence-corrected chi connectivity index (χ1v) is 7.84. The number of rotatable bonds is 4. The quantitative estimate of drug-likeness (QED) is 0.844. The first kappa shape index (κ1) is 19.8. The Labute approximate surface area is 152 Å². The molecule has 0 aliphatic heterocycles. The maximum Gasteiger partial charge on any atom is 0.416 e. The number of carbonyl (C=O) groups is 2. The molecule has 2 rings (SSSR count). The zero-order valence-electron chi connectivity index (χ0n) is 13.9. The second-order valence-electron chi connectivity index (χ2n) is 5.92. The van der Waals surface area contributed by atoms with E-state index in [2.05, 4.69) is 5.32 Å². The number of amides is 2. The van der Waals surface area contributed by atoms with Gasteiger partial charge in [0.15, 0.2) is 5.60 Å². The van der Waals surface area contributed by atoms with E-state index >= 15 is 0 Å². The van der Waals surface area contributed by atoms with Crippen molar-refractivity contribution in [2.24, 2.45) is 0 Å². The highest BCUT2D eigenvalue weighted by atomic mass is 35.5. The molecule has 0 heterocycles. The van der Waals surface area contributed by atoms with Crippen LogP contribution in [-0.2, 0) is 11.0 Å². The first-order chi connectivity index (χ1) is 12.0. The van der Waals surface area contributed by atoms with Crippen molar-refractivity contribution < 1.29 is 27.5 Å². The zero-order chi connectivity index (χ0) is 19.5. The van der Waals surface area contributed by atoms with Crippen LogP contribution >= 0.6 is 11.6 Å². The number of carbonyl (C=O) groups excluding carboxylic acids is 2. The second kappa shape index (κ2) is 7.37. The Morgan fingerprint density at radius 3 is 2.00 bits per heavy atom. The molecule has 8 heteroatoms. The van der Waals surface area contributed by atoms with Crippen LogP contribution in [0.2, 0.25) is 5.02 Å². The van der Waals surface area contributed by atoms with Crippen LogP contribution in [0.25, 0.3) is 0 Å². The number of halogens is 4. The highest BCUT2D eigenvalue weighted by Crippen LogP contribution is 2.29. The van der Waals surface area contributed by atoms with E-state index in [0.29, 0.717) is 10.8 Å². The summed E-state index contributed by atoms with van der Waals surface area (Å²) in [6, 6.07) is 9.83. The summed E-state index contributed by atoms with van der Waals surface area (Å²) in [5.41, 5.74) is -2.35. The molecular weight excluding hydrogens is 371 g/mol. The molecule has 26 heavy (non-hydrogen) atoms. The second-order valence-corrected chi connectivity index (χ2v) is 6.36. The van der Waals surface area contributed by atoms with Gasteiger partial charge < -0.3 is 4.74 Å². The molecule has 1 N–H and O–H groups in total. The number of imide groups is 1. The average molecular weight is 386 g/mol. The third-order valence-corrected chi connectivity index (χ3v) is 3.69. The molecule has 0 fully saturated rings. The Hall–Kier alpha value is -2.54.